The molecule has 0 saturated carbocycles. The zero-order chi connectivity index (χ0) is 17.6. The predicted octanol–water partition coefficient (Wildman–Crippen LogP) is 4.78. The van der Waals surface area contributed by atoms with Crippen LogP contribution in [0.2, 0.25) is 0 Å². The van der Waals surface area contributed by atoms with E-state index in [9.17, 15) is 0 Å². The molecule has 0 spiro atoms. The van der Waals surface area contributed by atoms with Crippen LogP contribution in [0.25, 0.3) is 21.8 Å². The fraction of sp³-hybridized carbons (Fsp3) is 0.389. The lowest BCUT2D eigenvalue weighted by Crippen LogP contribution is -2.09. The minimum atomic E-state index is 0.635. The highest BCUT2D eigenvalue weighted by Crippen LogP contribution is 2.35. The molecule has 0 amide bonds. The Morgan fingerprint density at radius 2 is 2.12 bits per heavy atom. The van der Waals surface area contributed by atoms with Gasteiger partial charge in [0.1, 0.15) is 10.7 Å². The maximum Gasteiger partial charge on any atom is 0.223 e. The molecule has 0 fully saturated rings. The Bertz CT molecular complexity index is 795. The highest BCUT2D eigenvalue weighted by molar-refractivity contribution is 7.15. The van der Waals surface area contributed by atoms with Crippen molar-refractivity contribution >= 4 is 28.6 Å². The zero-order valence-corrected chi connectivity index (χ0v) is 16.3. The highest BCUT2D eigenvalue weighted by atomic mass is 32.1. The molecule has 3 rings (SSSR count). The van der Waals surface area contributed by atoms with Crippen LogP contribution in [0.15, 0.2) is 23.0 Å². The fourth-order valence-corrected chi connectivity index (χ4v) is 3.93. The number of nitrogens with zero attached hydrogens (tertiary/aromatic N) is 3. The molecule has 0 aliphatic rings. The third-order valence-corrected chi connectivity index (χ3v) is 5.57. The number of aromatic nitrogens is 3. The first-order chi connectivity index (χ1) is 12.2. The number of nitrogens with one attached hydrogen (secondary N) is 1. The molecule has 0 atom stereocenters. The molecule has 1 N–H and O–H groups in total. The van der Waals surface area contributed by atoms with Crippen molar-refractivity contribution in [1.29, 1.82) is 0 Å². The van der Waals surface area contributed by atoms with Crippen LogP contribution >= 0.6 is 22.7 Å². The lowest BCUT2D eigenvalue weighted by atomic mass is 10.1. The highest BCUT2D eigenvalue weighted by Gasteiger charge is 2.16. The van der Waals surface area contributed by atoms with Gasteiger partial charge in [-0.2, -0.15) is 11.3 Å². The summed E-state index contributed by atoms with van der Waals surface area (Å²) < 4.78 is 5.36. The van der Waals surface area contributed by atoms with Crippen molar-refractivity contribution in [2.24, 2.45) is 0 Å². The van der Waals surface area contributed by atoms with E-state index in [1.807, 2.05) is 20.0 Å². The van der Waals surface area contributed by atoms with E-state index in [-0.39, 0.29) is 0 Å². The lowest BCUT2D eigenvalue weighted by molar-refractivity contribution is 0.147. The third-order valence-electron chi connectivity index (χ3n) is 3.80. The number of aryl methyl sites for hydroxylation is 2. The van der Waals surface area contributed by atoms with E-state index in [1.165, 1.54) is 4.88 Å². The van der Waals surface area contributed by atoms with Crippen LogP contribution in [-0.2, 0) is 4.74 Å². The van der Waals surface area contributed by atoms with Gasteiger partial charge in [-0.1, -0.05) is 0 Å². The summed E-state index contributed by atoms with van der Waals surface area (Å²) in [6.07, 6.45) is 2.82. The summed E-state index contributed by atoms with van der Waals surface area (Å²) in [5.41, 5.74) is 4.10. The number of thiazole rings is 1. The number of ether oxygens (including phenoxy) is 1. The van der Waals surface area contributed by atoms with Crippen molar-refractivity contribution < 1.29 is 4.74 Å². The van der Waals surface area contributed by atoms with Gasteiger partial charge in [0.05, 0.1) is 5.69 Å². The van der Waals surface area contributed by atoms with Crippen LogP contribution in [0.3, 0.4) is 0 Å². The Morgan fingerprint density at radius 3 is 2.80 bits per heavy atom. The molecule has 132 valence electrons. The molecule has 0 unspecified atom stereocenters. The van der Waals surface area contributed by atoms with Crippen LogP contribution in [0.4, 0.5) is 5.95 Å². The number of hydrogen-bond acceptors (Lipinski definition) is 7. The van der Waals surface area contributed by atoms with Crippen molar-refractivity contribution in [3.05, 3.63) is 33.6 Å². The molecular formula is C18H22N4OS2. The molecule has 0 aromatic carbocycles. The topological polar surface area (TPSA) is 59.9 Å². The van der Waals surface area contributed by atoms with Gasteiger partial charge in [-0.05, 0) is 49.6 Å². The molecule has 5 nitrogen and oxygen atoms in total. The smallest absolute Gasteiger partial charge is 0.223 e. The minimum absolute atomic E-state index is 0.635. The Kier molecular flexibility index (Phi) is 6.12. The molecule has 0 aliphatic heterocycles. The molecule has 0 radical (unpaired) electrons. The summed E-state index contributed by atoms with van der Waals surface area (Å²) in [6.45, 7) is 8.41. The fourth-order valence-electron chi connectivity index (χ4n) is 2.35. The number of rotatable bonds is 8. The molecule has 0 saturated heterocycles. The van der Waals surface area contributed by atoms with Gasteiger partial charge in [0, 0.05) is 36.4 Å². The van der Waals surface area contributed by atoms with Gasteiger partial charge in [0.25, 0.3) is 0 Å². The maximum absolute atomic E-state index is 5.36. The van der Waals surface area contributed by atoms with E-state index in [1.54, 1.807) is 22.7 Å². The monoisotopic (exact) mass is 374 g/mol. The standard InChI is InChI=1S/C18H22N4OS2/c1-4-23-8-5-7-19-18-20-10-15(14-6-9-24-11-14)16(22-18)17-21-12(2)13(3)25-17/h6,9-11H,4-5,7-8H2,1-3H3,(H,19,20,22). The predicted molar refractivity (Wildman–Crippen MR) is 106 cm³/mol. The molecule has 3 heterocycles. The second kappa shape index (κ2) is 8.51. The summed E-state index contributed by atoms with van der Waals surface area (Å²) in [6, 6.07) is 2.09. The van der Waals surface area contributed by atoms with Gasteiger partial charge in [-0.15, -0.1) is 11.3 Å². The first-order valence-corrected chi connectivity index (χ1v) is 10.1. The second-order valence-electron chi connectivity index (χ2n) is 5.61. The van der Waals surface area contributed by atoms with Crippen molar-refractivity contribution in [2.75, 3.05) is 25.1 Å². The minimum Gasteiger partial charge on any atom is -0.382 e. The average molecular weight is 375 g/mol. The largest absolute Gasteiger partial charge is 0.382 e. The summed E-state index contributed by atoms with van der Waals surface area (Å²) in [5, 5.41) is 8.41. The molecule has 7 heteroatoms. The zero-order valence-electron chi connectivity index (χ0n) is 14.7. The van der Waals surface area contributed by atoms with Crippen LogP contribution in [-0.4, -0.2) is 34.7 Å². The second-order valence-corrected chi connectivity index (χ2v) is 7.59. The third kappa shape index (κ3) is 4.42. The van der Waals surface area contributed by atoms with E-state index in [0.717, 1.165) is 53.7 Å². The first kappa shape index (κ1) is 18.0. The molecule has 25 heavy (non-hydrogen) atoms. The van der Waals surface area contributed by atoms with Gasteiger partial charge in [-0.25, -0.2) is 15.0 Å². The maximum atomic E-state index is 5.36. The van der Waals surface area contributed by atoms with Crippen molar-refractivity contribution in [1.82, 2.24) is 15.0 Å². The summed E-state index contributed by atoms with van der Waals surface area (Å²) in [7, 11) is 0. The lowest BCUT2D eigenvalue weighted by Gasteiger charge is -2.09. The number of hydrogen-bond donors (Lipinski definition) is 1. The van der Waals surface area contributed by atoms with E-state index < -0.39 is 0 Å². The summed E-state index contributed by atoms with van der Waals surface area (Å²) >= 11 is 3.35. The van der Waals surface area contributed by atoms with Crippen LogP contribution in [0.5, 0.6) is 0 Å². The Labute approximate surface area is 156 Å². The van der Waals surface area contributed by atoms with Crippen molar-refractivity contribution in [3.63, 3.8) is 0 Å². The Balaban J connectivity index is 1.87. The van der Waals surface area contributed by atoms with Gasteiger partial charge < -0.3 is 10.1 Å². The number of anilines is 1. The summed E-state index contributed by atoms with van der Waals surface area (Å²) in [4.78, 5) is 15.2. The average Bonchev–Trinajstić information content (AvgIpc) is 3.25. The van der Waals surface area contributed by atoms with Crippen LogP contribution in [0.1, 0.15) is 23.9 Å². The van der Waals surface area contributed by atoms with Gasteiger partial charge in [0.2, 0.25) is 5.95 Å². The molecule has 0 bridgehead atoms. The van der Waals surface area contributed by atoms with Gasteiger partial charge >= 0.3 is 0 Å². The SMILES string of the molecule is CCOCCCNc1ncc(-c2ccsc2)c(-c2nc(C)c(C)s2)n1. The summed E-state index contributed by atoms with van der Waals surface area (Å²) in [5.74, 6) is 0.635. The molecule has 3 aromatic rings. The van der Waals surface area contributed by atoms with Crippen molar-refractivity contribution in [3.8, 4) is 21.8 Å². The molecule has 0 aliphatic carbocycles. The van der Waals surface area contributed by atoms with E-state index in [4.69, 9.17) is 14.7 Å². The van der Waals surface area contributed by atoms with Crippen LogP contribution < -0.4 is 5.32 Å². The number of thiophene rings is 1. The van der Waals surface area contributed by atoms with Crippen molar-refractivity contribution in [2.45, 2.75) is 27.2 Å². The van der Waals surface area contributed by atoms with E-state index in [2.05, 4.69) is 34.1 Å². The Morgan fingerprint density at radius 1 is 1.24 bits per heavy atom. The Hall–Kier alpha value is -1.83. The molecule has 3 aromatic heterocycles. The van der Waals surface area contributed by atoms with Crippen LogP contribution in [0, 0.1) is 13.8 Å². The van der Waals surface area contributed by atoms with Gasteiger partial charge in [-0.3, -0.25) is 0 Å². The van der Waals surface area contributed by atoms with E-state index >= 15 is 0 Å². The molecular weight excluding hydrogens is 352 g/mol. The normalized spacial score (nSPS) is 11.0. The quantitative estimate of drug-likeness (QED) is 0.575. The van der Waals surface area contributed by atoms with Gasteiger partial charge in [0.15, 0.2) is 0 Å². The van der Waals surface area contributed by atoms with E-state index in [0.29, 0.717) is 5.95 Å². The first-order valence-electron chi connectivity index (χ1n) is 8.34.